The average Bonchev–Trinajstić information content (AvgIpc) is 2.74. The van der Waals surface area contributed by atoms with E-state index in [2.05, 4.69) is 25.7 Å². The van der Waals surface area contributed by atoms with Crippen LogP contribution >= 0.6 is 0 Å². The van der Waals surface area contributed by atoms with Crippen LogP contribution < -0.4 is 0 Å². The van der Waals surface area contributed by atoms with Crippen LogP contribution in [0.4, 0.5) is 0 Å². The molecule has 0 unspecified atom stereocenters. The number of allylic oxidation sites excluding steroid dienone is 1. The molecule has 0 fully saturated rings. The maximum atomic E-state index is 11.5. The van der Waals surface area contributed by atoms with E-state index in [0.29, 0.717) is 6.54 Å². The van der Waals surface area contributed by atoms with Gasteiger partial charge in [0.1, 0.15) is 11.5 Å². The lowest BCUT2D eigenvalue weighted by Gasteiger charge is -2.14. The maximum Gasteiger partial charge on any atom is 0.246 e. The monoisotopic (exact) mass is 245 g/mol. The summed E-state index contributed by atoms with van der Waals surface area (Å²) in [6, 6.07) is 0. The summed E-state index contributed by atoms with van der Waals surface area (Å²) in [6.45, 7) is 6.12. The van der Waals surface area contributed by atoms with Gasteiger partial charge in [-0.05, 0) is 18.9 Å². The molecule has 0 bridgehead atoms. The van der Waals surface area contributed by atoms with Crippen LogP contribution in [0, 0.1) is 0 Å². The van der Waals surface area contributed by atoms with Gasteiger partial charge in [-0.15, -0.1) is 0 Å². The minimum atomic E-state index is -0.0815. The highest BCUT2D eigenvalue weighted by atomic mass is 16.3. The Bertz CT molecular complexity index is 497. The lowest BCUT2D eigenvalue weighted by atomic mass is 9.99. The number of carbonyl (C=O) groups is 1. The van der Waals surface area contributed by atoms with Crippen LogP contribution in [-0.2, 0) is 24.2 Å². The van der Waals surface area contributed by atoms with Gasteiger partial charge >= 0.3 is 0 Å². The summed E-state index contributed by atoms with van der Waals surface area (Å²) in [7, 11) is 1.76. The third-order valence-corrected chi connectivity index (χ3v) is 3.32. The quantitative estimate of drug-likeness (QED) is 0.764. The highest BCUT2D eigenvalue weighted by Gasteiger charge is 2.20. The van der Waals surface area contributed by atoms with E-state index in [4.69, 9.17) is 4.42 Å². The first-order valence-corrected chi connectivity index (χ1v) is 6.34. The highest BCUT2D eigenvalue weighted by Crippen LogP contribution is 2.29. The van der Waals surface area contributed by atoms with Gasteiger partial charge in [-0.2, -0.15) is 0 Å². The van der Waals surface area contributed by atoms with E-state index < -0.39 is 0 Å². The van der Waals surface area contributed by atoms with Crippen molar-refractivity contribution in [3.63, 3.8) is 0 Å². The van der Waals surface area contributed by atoms with Crippen LogP contribution in [-0.4, -0.2) is 17.9 Å². The highest BCUT2D eigenvalue weighted by molar-refractivity contribution is 5.86. The standard InChI is InChI=1S/C15H19NO2/c1-4-11-12-8-6-7-9-13(12)18-14(11)10-16(3)15(17)5-2/h5-6,8H,2,4,7,9-10H2,1,3H3. The molecular formula is C15H19NO2. The molecule has 2 rings (SSSR count). The summed E-state index contributed by atoms with van der Waals surface area (Å²) >= 11 is 0. The average molecular weight is 245 g/mol. The molecule has 0 saturated heterocycles. The van der Waals surface area contributed by atoms with Crippen molar-refractivity contribution in [2.24, 2.45) is 0 Å². The summed E-state index contributed by atoms with van der Waals surface area (Å²) in [5.41, 5.74) is 2.45. The lowest BCUT2D eigenvalue weighted by Crippen LogP contribution is -2.24. The Hall–Kier alpha value is -1.77. The largest absolute Gasteiger partial charge is 0.463 e. The Kier molecular flexibility index (Phi) is 3.70. The normalized spacial score (nSPS) is 13.2. The zero-order chi connectivity index (χ0) is 13.1. The first-order chi connectivity index (χ1) is 8.67. The van der Waals surface area contributed by atoms with Gasteiger partial charge in [0.05, 0.1) is 6.54 Å². The Morgan fingerprint density at radius 1 is 1.61 bits per heavy atom. The number of likely N-dealkylation sites (N-methyl/N-ethyl adjacent to an activating group) is 1. The fraction of sp³-hybridized carbons (Fsp3) is 0.400. The van der Waals surface area contributed by atoms with Crippen molar-refractivity contribution in [2.75, 3.05) is 7.05 Å². The van der Waals surface area contributed by atoms with E-state index in [1.165, 1.54) is 17.2 Å². The van der Waals surface area contributed by atoms with Gasteiger partial charge in [0.15, 0.2) is 0 Å². The summed E-state index contributed by atoms with van der Waals surface area (Å²) < 4.78 is 5.91. The minimum Gasteiger partial charge on any atom is -0.463 e. The van der Waals surface area contributed by atoms with E-state index in [-0.39, 0.29) is 5.91 Å². The minimum absolute atomic E-state index is 0.0815. The molecule has 0 atom stereocenters. The molecule has 0 saturated carbocycles. The van der Waals surface area contributed by atoms with Crippen LogP contribution in [0.5, 0.6) is 0 Å². The molecule has 1 heterocycles. The second kappa shape index (κ2) is 5.25. The van der Waals surface area contributed by atoms with Gasteiger partial charge in [0, 0.05) is 24.6 Å². The predicted molar refractivity (Wildman–Crippen MR) is 72.1 cm³/mol. The Labute approximate surface area is 108 Å². The third-order valence-electron chi connectivity index (χ3n) is 3.32. The molecule has 3 heteroatoms. The molecule has 1 aromatic rings. The van der Waals surface area contributed by atoms with Crippen molar-refractivity contribution < 1.29 is 9.21 Å². The summed E-state index contributed by atoms with van der Waals surface area (Å²) in [6.07, 6.45) is 8.56. The van der Waals surface area contributed by atoms with Crippen LogP contribution in [0.3, 0.4) is 0 Å². The van der Waals surface area contributed by atoms with Gasteiger partial charge in [-0.1, -0.05) is 25.7 Å². The van der Waals surface area contributed by atoms with Gasteiger partial charge in [0.25, 0.3) is 0 Å². The van der Waals surface area contributed by atoms with Crippen LogP contribution in [0.15, 0.2) is 23.1 Å². The van der Waals surface area contributed by atoms with E-state index in [0.717, 1.165) is 30.8 Å². The number of nitrogens with zero attached hydrogens (tertiary/aromatic N) is 1. The molecule has 1 aliphatic rings. The van der Waals surface area contributed by atoms with Crippen molar-refractivity contribution >= 4 is 12.0 Å². The van der Waals surface area contributed by atoms with Crippen molar-refractivity contribution in [3.8, 4) is 0 Å². The fourth-order valence-electron chi connectivity index (χ4n) is 2.34. The molecule has 1 aromatic heterocycles. The molecule has 3 nitrogen and oxygen atoms in total. The molecule has 0 radical (unpaired) electrons. The van der Waals surface area contributed by atoms with Gasteiger partial charge < -0.3 is 9.32 Å². The number of carbonyl (C=O) groups excluding carboxylic acids is 1. The van der Waals surface area contributed by atoms with Crippen molar-refractivity contribution in [1.29, 1.82) is 0 Å². The van der Waals surface area contributed by atoms with Crippen LogP contribution in [0.2, 0.25) is 0 Å². The molecule has 1 aliphatic carbocycles. The van der Waals surface area contributed by atoms with Crippen LogP contribution in [0.1, 0.15) is 36.0 Å². The molecule has 1 amide bonds. The number of hydrogen-bond donors (Lipinski definition) is 0. The first-order valence-electron chi connectivity index (χ1n) is 6.34. The Morgan fingerprint density at radius 3 is 3.06 bits per heavy atom. The van der Waals surface area contributed by atoms with Crippen LogP contribution in [0.25, 0.3) is 6.08 Å². The lowest BCUT2D eigenvalue weighted by molar-refractivity contribution is -0.125. The molecule has 0 aromatic carbocycles. The second-order valence-electron chi connectivity index (χ2n) is 4.53. The fourth-order valence-corrected chi connectivity index (χ4v) is 2.34. The van der Waals surface area contributed by atoms with E-state index >= 15 is 0 Å². The van der Waals surface area contributed by atoms with Gasteiger partial charge in [0.2, 0.25) is 5.91 Å². The summed E-state index contributed by atoms with van der Waals surface area (Å²) in [5, 5.41) is 0. The number of aryl methyl sites for hydroxylation is 1. The Morgan fingerprint density at radius 2 is 2.39 bits per heavy atom. The van der Waals surface area contributed by atoms with E-state index in [9.17, 15) is 4.79 Å². The second-order valence-corrected chi connectivity index (χ2v) is 4.53. The maximum absolute atomic E-state index is 11.5. The SMILES string of the molecule is C=CC(=O)N(C)Cc1oc2c(c1CC)C=CCC2. The number of hydrogen-bond acceptors (Lipinski definition) is 2. The smallest absolute Gasteiger partial charge is 0.246 e. The summed E-state index contributed by atoms with van der Waals surface area (Å²) in [4.78, 5) is 13.1. The number of rotatable bonds is 4. The Balaban J connectivity index is 2.28. The number of furan rings is 1. The third kappa shape index (κ3) is 2.26. The van der Waals surface area contributed by atoms with Crippen molar-refractivity contribution in [2.45, 2.75) is 32.7 Å². The van der Waals surface area contributed by atoms with Gasteiger partial charge in [-0.3, -0.25) is 4.79 Å². The molecule has 0 spiro atoms. The molecule has 0 aliphatic heterocycles. The molecule has 96 valence electrons. The zero-order valence-electron chi connectivity index (χ0n) is 11.0. The van der Waals surface area contributed by atoms with Crippen molar-refractivity contribution in [3.05, 3.63) is 41.4 Å². The van der Waals surface area contributed by atoms with Gasteiger partial charge in [-0.25, -0.2) is 0 Å². The van der Waals surface area contributed by atoms with E-state index in [1.54, 1.807) is 11.9 Å². The molecule has 18 heavy (non-hydrogen) atoms. The predicted octanol–water partition coefficient (Wildman–Crippen LogP) is 2.95. The number of fused-ring (bicyclic) bond motifs is 1. The summed E-state index contributed by atoms with van der Waals surface area (Å²) in [5.74, 6) is 1.89. The van der Waals surface area contributed by atoms with E-state index in [1.807, 2.05) is 0 Å². The topological polar surface area (TPSA) is 33.5 Å². The molecular weight excluding hydrogens is 226 g/mol. The molecule has 0 N–H and O–H groups in total. The number of amides is 1. The van der Waals surface area contributed by atoms with Crippen molar-refractivity contribution in [1.82, 2.24) is 4.90 Å². The zero-order valence-corrected chi connectivity index (χ0v) is 11.0. The first kappa shape index (κ1) is 12.7.